The molecule has 0 bridgehead atoms. The van der Waals surface area contributed by atoms with E-state index in [1.165, 1.54) is 0 Å². The normalized spacial score (nSPS) is 25.1. The number of carbonyl (C=O) groups is 2. The lowest BCUT2D eigenvalue weighted by Crippen LogP contribution is -2.63. The molecule has 1 aliphatic heterocycles. The molecule has 102 valence electrons. The first-order valence-corrected chi connectivity index (χ1v) is 7.28. The number of carbonyl (C=O) groups excluding carboxylic acids is 1. The van der Waals surface area contributed by atoms with Gasteiger partial charge in [0.2, 0.25) is 0 Å². The van der Waals surface area contributed by atoms with E-state index in [1.807, 2.05) is 11.8 Å². The third kappa shape index (κ3) is 2.58. The first kappa shape index (κ1) is 13.5. The number of hydrogen-bond acceptors (Lipinski definition) is 3. The number of nitrogens with one attached hydrogen (secondary N) is 1. The summed E-state index contributed by atoms with van der Waals surface area (Å²) in [6.07, 6.45) is 1.95. The van der Waals surface area contributed by atoms with Crippen LogP contribution < -0.4 is 5.32 Å². The highest BCUT2D eigenvalue weighted by Gasteiger charge is 2.46. The maximum absolute atomic E-state index is 12.1. The van der Waals surface area contributed by atoms with Crippen molar-refractivity contribution < 1.29 is 14.7 Å². The summed E-state index contributed by atoms with van der Waals surface area (Å²) in [5.74, 6) is -0.00623. The Morgan fingerprint density at radius 2 is 2.00 bits per heavy atom. The Hall–Kier alpha value is -0.910. The molecule has 2 amide bonds. The third-order valence-corrected chi connectivity index (χ3v) is 4.97. The van der Waals surface area contributed by atoms with Crippen LogP contribution in [0.4, 0.5) is 4.79 Å². The predicted octanol–water partition coefficient (Wildman–Crippen LogP) is 1.53. The van der Waals surface area contributed by atoms with Crippen molar-refractivity contribution in [1.82, 2.24) is 10.2 Å². The van der Waals surface area contributed by atoms with Crippen LogP contribution in [0.5, 0.6) is 0 Å². The molecule has 1 saturated carbocycles. The molecule has 2 N–H and O–H groups in total. The minimum atomic E-state index is -1.01. The summed E-state index contributed by atoms with van der Waals surface area (Å²) in [6.45, 7) is 5.57. The lowest BCUT2D eigenvalue weighted by atomic mass is 9.77. The van der Waals surface area contributed by atoms with Gasteiger partial charge < -0.3 is 15.3 Å². The van der Waals surface area contributed by atoms with E-state index in [1.54, 1.807) is 4.90 Å². The zero-order valence-corrected chi connectivity index (χ0v) is 11.7. The van der Waals surface area contributed by atoms with Gasteiger partial charge in [-0.25, -0.2) is 9.59 Å². The number of carboxylic acid groups (broad SMARTS) is 1. The Kier molecular flexibility index (Phi) is 3.49. The predicted molar refractivity (Wildman–Crippen MR) is 70.9 cm³/mol. The fourth-order valence-electron chi connectivity index (χ4n) is 2.40. The first-order chi connectivity index (χ1) is 8.35. The highest BCUT2D eigenvalue weighted by molar-refractivity contribution is 8.00. The van der Waals surface area contributed by atoms with Gasteiger partial charge in [0.25, 0.3) is 0 Å². The van der Waals surface area contributed by atoms with Crippen molar-refractivity contribution in [2.75, 3.05) is 18.8 Å². The minimum absolute atomic E-state index is 0.0472. The van der Waals surface area contributed by atoms with Crippen molar-refractivity contribution >= 4 is 23.8 Å². The fourth-order valence-corrected chi connectivity index (χ4v) is 3.51. The maximum Gasteiger partial charge on any atom is 0.329 e. The highest BCUT2D eigenvalue weighted by atomic mass is 32.2. The summed E-state index contributed by atoms with van der Waals surface area (Å²) in [4.78, 5) is 25.1. The average Bonchev–Trinajstić information content (AvgIpc) is 2.21. The number of nitrogens with zero attached hydrogens (tertiary/aromatic N) is 1. The second-order valence-electron chi connectivity index (χ2n) is 5.70. The quantitative estimate of drug-likeness (QED) is 0.800. The molecule has 2 aliphatic rings. The van der Waals surface area contributed by atoms with Crippen molar-refractivity contribution in [2.45, 2.75) is 43.4 Å². The number of aliphatic carboxylic acids is 1. The largest absolute Gasteiger partial charge is 0.480 e. The molecule has 0 aromatic rings. The van der Waals surface area contributed by atoms with Gasteiger partial charge in [0.05, 0.1) is 0 Å². The zero-order valence-electron chi connectivity index (χ0n) is 10.9. The van der Waals surface area contributed by atoms with E-state index in [4.69, 9.17) is 0 Å². The molecule has 0 unspecified atom stereocenters. The number of rotatable bonds is 2. The molecule has 1 saturated heterocycles. The van der Waals surface area contributed by atoms with Gasteiger partial charge in [0.1, 0.15) is 5.54 Å². The molecule has 6 heteroatoms. The van der Waals surface area contributed by atoms with Crippen LogP contribution >= 0.6 is 11.8 Å². The van der Waals surface area contributed by atoms with Crippen LogP contribution in [0.2, 0.25) is 0 Å². The molecule has 0 atom stereocenters. The fraction of sp³-hybridized carbons (Fsp3) is 0.833. The molecule has 0 aromatic carbocycles. The van der Waals surface area contributed by atoms with E-state index < -0.39 is 11.5 Å². The molecular weight excluding hydrogens is 252 g/mol. The van der Waals surface area contributed by atoms with Crippen molar-refractivity contribution in [3.8, 4) is 0 Å². The van der Waals surface area contributed by atoms with E-state index >= 15 is 0 Å². The lowest BCUT2D eigenvalue weighted by Gasteiger charge is -2.42. The third-order valence-electron chi connectivity index (χ3n) is 3.68. The summed E-state index contributed by atoms with van der Waals surface area (Å²) in [5, 5.41) is 11.9. The summed E-state index contributed by atoms with van der Waals surface area (Å²) >= 11 is 1.85. The van der Waals surface area contributed by atoms with Gasteiger partial charge in [-0.1, -0.05) is 0 Å². The molecule has 18 heavy (non-hydrogen) atoms. The van der Waals surface area contributed by atoms with Crippen LogP contribution in [0.15, 0.2) is 0 Å². The molecule has 0 radical (unpaired) electrons. The Labute approximate surface area is 111 Å². The van der Waals surface area contributed by atoms with Crippen LogP contribution in [0, 0.1) is 0 Å². The van der Waals surface area contributed by atoms with Crippen molar-refractivity contribution in [3.63, 3.8) is 0 Å². The highest BCUT2D eigenvalue weighted by Crippen LogP contribution is 2.33. The second kappa shape index (κ2) is 4.64. The van der Waals surface area contributed by atoms with Crippen LogP contribution in [0.25, 0.3) is 0 Å². The number of thioether (sulfide) groups is 1. The zero-order chi connectivity index (χ0) is 13.4. The molecule has 0 spiro atoms. The van der Waals surface area contributed by atoms with Crippen molar-refractivity contribution in [1.29, 1.82) is 0 Å². The van der Waals surface area contributed by atoms with Crippen LogP contribution in [0.3, 0.4) is 0 Å². The monoisotopic (exact) mass is 272 g/mol. The first-order valence-electron chi connectivity index (χ1n) is 6.29. The molecule has 1 heterocycles. The molecule has 1 aliphatic carbocycles. The van der Waals surface area contributed by atoms with Gasteiger partial charge in [0, 0.05) is 23.6 Å². The van der Waals surface area contributed by atoms with E-state index in [9.17, 15) is 14.7 Å². The summed E-state index contributed by atoms with van der Waals surface area (Å²) in [6, 6.07) is -0.231. The maximum atomic E-state index is 12.1. The van der Waals surface area contributed by atoms with Crippen LogP contribution in [0.1, 0.15) is 33.1 Å². The number of carboxylic acids is 1. The molecular formula is C12H20N2O3S. The smallest absolute Gasteiger partial charge is 0.329 e. The van der Waals surface area contributed by atoms with Gasteiger partial charge in [-0.15, -0.1) is 0 Å². The van der Waals surface area contributed by atoms with Gasteiger partial charge in [-0.05, 0) is 33.1 Å². The summed E-state index contributed by atoms with van der Waals surface area (Å²) < 4.78 is 0.0472. The Bertz CT molecular complexity index is 366. The van der Waals surface area contributed by atoms with E-state index in [0.717, 1.165) is 12.2 Å². The van der Waals surface area contributed by atoms with Crippen molar-refractivity contribution in [2.24, 2.45) is 0 Å². The van der Waals surface area contributed by atoms with Gasteiger partial charge in [-0.3, -0.25) is 0 Å². The Balaban J connectivity index is 1.97. The van der Waals surface area contributed by atoms with Gasteiger partial charge in [0.15, 0.2) is 0 Å². The number of urea groups is 1. The van der Waals surface area contributed by atoms with E-state index in [0.29, 0.717) is 25.9 Å². The minimum Gasteiger partial charge on any atom is -0.480 e. The molecule has 0 aromatic heterocycles. The summed E-state index contributed by atoms with van der Waals surface area (Å²) in [7, 11) is 0. The molecule has 2 rings (SSSR count). The van der Waals surface area contributed by atoms with Crippen LogP contribution in [-0.4, -0.2) is 51.1 Å². The van der Waals surface area contributed by atoms with Crippen molar-refractivity contribution in [3.05, 3.63) is 0 Å². The van der Waals surface area contributed by atoms with Crippen LogP contribution in [-0.2, 0) is 4.79 Å². The number of amides is 2. The summed E-state index contributed by atoms with van der Waals surface area (Å²) in [5.41, 5.74) is -1.01. The Morgan fingerprint density at radius 1 is 1.33 bits per heavy atom. The lowest BCUT2D eigenvalue weighted by molar-refractivity contribution is -0.148. The van der Waals surface area contributed by atoms with Gasteiger partial charge >= 0.3 is 12.0 Å². The van der Waals surface area contributed by atoms with Gasteiger partial charge in [-0.2, -0.15) is 11.8 Å². The number of hydrogen-bond donors (Lipinski definition) is 2. The van der Waals surface area contributed by atoms with E-state index in [2.05, 4.69) is 19.2 Å². The standard InChI is InChI=1S/C12H20N2O3S/c1-11(2)8-14(6-7-18-11)10(17)13-12(9(15)16)4-3-5-12/h3-8H2,1-2H3,(H,13,17)(H,15,16). The molecule has 5 nitrogen and oxygen atoms in total. The van der Waals surface area contributed by atoms with E-state index in [-0.39, 0.29) is 10.8 Å². The SMILES string of the molecule is CC1(C)CN(C(=O)NC2(C(=O)O)CCC2)CCS1. The second-order valence-corrected chi connectivity index (χ2v) is 7.50. The molecule has 2 fully saturated rings. The topological polar surface area (TPSA) is 69.6 Å². The average molecular weight is 272 g/mol. The Morgan fingerprint density at radius 3 is 2.44 bits per heavy atom.